The smallest absolute Gasteiger partial charge is 0.303 e. The number of likely N-dealkylation sites (tertiary alicyclic amines) is 1. The summed E-state index contributed by atoms with van der Waals surface area (Å²) < 4.78 is 0. The van der Waals surface area contributed by atoms with Crippen LogP contribution in [0.15, 0.2) is 24.5 Å². The van der Waals surface area contributed by atoms with E-state index in [2.05, 4.69) is 20.9 Å². The first kappa shape index (κ1) is 35.1. The number of pyridine rings is 1. The van der Waals surface area contributed by atoms with Crippen molar-refractivity contribution in [2.24, 2.45) is 17.2 Å². The molecule has 0 radical (unpaired) electrons. The molecule has 0 saturated carbocycles. The summed E-state index contributed by atoms with van der Waals surface area (Å²) in [6.45, 7) is 1.12. The van der Waals surface area contributed by atoms with Gasteiger partial charge < -0.3 is 43.2 Å². The van der Waals surface area contributed by atoms with Crippen LogP contribution in [0, 0.1) is 0 Å². The molecular formula is C28H44N8O7. The van der Waals surface area contributed by atoms with Gasteiger partial charge in [0.05, 0.1) is 5.56 Å². The molecule has 238 valence electrons. The van der Waals surface area contributed by atoms with Gasteiger partial charge in [0.15, 0.2) is 0 Å². The first-order valence-corrected chi connectivity index (χ1v) is 14.6. The number of amides is 5. The summed E-state index contributed by atoms with van der Waals surface area (Å²) in [7, 11) is 0. The van der Waals surface area contributed by atoms with Crippen molar-refractivity contribution in [3.8, 4) is 0 Å². The highest BCUT2D eigenvalue weighted by Crippen LogP contribution is 2.20. The van der Waals surface area contributed by atoms with Gasteiger partial charge in [0, 0.05) is 25.4 Å². The standard InChI is InChI=1S/C28H44N8O7/c29-13-3-1-8-19(24(31)39)33-26(41)21(11-12-23(37)38)34-25(40)20(9-2-4-14-30)35-27(42)22-10-6-16-36(22)28(43)18-7-5-15-32-17-18/h5,7,15,17,19-22H,1-4,6,8-14,16,29-30H2,(H2,31,39)(H,33,41)(H,34,40)(H,35,42)(H,37,38). The number of carbonyl (C=O) groups is 6. The number of hydrogen-bond acceptors (Lipinski definition) is 9. The zero-order valence-corrected chi connectivity index (χ0v) is 24.3. The third-order valence-electron chi connectivity index (χ3n) is 7.19. The number of rotatable bonds is 19. The second-order valence-electron chi connectivity index (χ2n) is 10.5. The van der Waals surface area contributed by atoms with Crippen LogP contribution in [0.3, 0.4) is 0 Å². The summed E-state index contributed by atoms with van der Waals surface area (Å²) >= 11 is 0. The molecule has 5 amide bonds. The first-order valence-electron chi connectivity index (χ1n) is 14.6. The number of aliphatic carboxylic acids is 1. The Bertz CT molecular complexity index is 1100. The molecule has 15 nitrogen and oxygen atoms in total. The van der Waals surface area contributed by atoms with E-state index in [1.807, 2.05) is 0 Å². The molecule has 4 atom stereocenters. The van der Waals surface area contributed by atoms with Crippen LogP contribution in [0.5, 0.6) is 0 Å². The maximum absolute atomic E-state index is 13.4. The predicted molar refractivity (Wildman–Crippen MR) is 156 cm³/mol. The summed E-state index contributed by atoms with van der Waals surface area (Å²) in [5.41, 5.74) is 16.9. The first-order chi connectivity index (χ1) is 20.6. The molecule has 0 aliphatic carbocycles. The summed E-state index contributed by atoms with van der Waals surface area (Å²) in [4.78, 5) is 81.5. The van der Waals surface area contributed by atoms with Gasteiger partial charge in [-0.15, -0.1) is 0 Å². The lowest BCUT2D eigenvalue weighted by Crippen LogP contribution is -2.58. The molecule has 1 aliphatic heterocycles. The Morgan fingerprint density at radius 3 is 2.07 bits per heavy atom. The van der Waals surface area contributed by atoms with Gasteiger partial charge in [0.25, 0.3) is 5.91 Å². The van der Waals surface area contributed by atoms with Crippen LogP contribution in [-0.2, 0) is 24.0 Å². The fourth-order valence-electron chi connectivity index (χ4n) is 4.83. The number of carboxylic acids is 1. The minimum Gasteiger partial charge on any atom is -0.481 e. The lowest BCUT2D eigenvalue weighted by atomic mass is 10.0. The molecule has 0 aromatic carbocycles. The Balaban J connectivity index is 2.18. The Morgan fingerprint density at radius 2 is 1.51 bits per heavy atom. The highest BCUT2D eigenvalue weighted by Gasteiger charge is 2.37. The van der Waals surface area contributed by atoms with Crippen LogP contribution >= 0.6 is 0 Å². The molecule has 1 aromatic rings. The van der Waals surface area contributed by atoms with E-state index in [1.165, 1.54) is 17.3 Å². The van der Waals surface area contributed by atoms with Crippen molar-refractivity contribution in [1.82, 2.24) is 25.8 Å². The number of nitrogens with zero attached hydrogens (tertiary/aromatic N) is 2. The second-order valence-corrected chi connectivity index (χ2v) is 10.5. The molecular weight excluding hydrogens is 560 g/mol. The van der Waals surface area contributed by atoms with Crippen LogP contribution in [0.25, 0.3) is 0 Å². The van der Waals surface area contributed by atoms with Crippen LogP contribution < -0.4 is 33.2 Å². The van der Waals surface area contributed by atoms with Crippen LogP contribution in [0.2, 0.25) is 0 Å². The third kappa shape index (κ3) is 11.6. The van der Waals surface area contributed by atoms with Crippen molar-refractivity contribution in [3.05, 3.63) is 30.1 Å². The maximum Gasteiger partial charge on any atom is 0.303 e. The van der Waals surface area contributed by atoms with Crippen LogP contribution in [0.4, 0.5) is 0 Å². The van der Waals surface area contributed by atoms with E-state index in [9.17, 15) is 33.9 Å². The minimum atomic E-state index is -1.32. The fourth-order valence-corrected chi connectivity index (χ4v) is 4.83. The van der Waals surface area contributed by atoms with E-state index in [0.29, 0.717) is 63.7 Å². The van der Waals surface area contributed by atoms with Gasteiger partial charge in [-0.2, -0.15) is 0 Å². The van der Waals surface area contributed by atoms with E-state index in [1.54, 1.807) is 12.1 Å². The van der Waals surface area contributed by atoms with Crippen LogP contribution in [0.1, 0.15) is 74.6 Å². The molecule has 43 heavy (non-hydrogen) atoms. The molecule has 1 aliphatic rings. The average Bonchev–Trinajstić information content (AvgIpc) is 3.48. The predicted octanol–water partition coefficient (Wildman–Crippen LogP) is -1.25. The number of aromatic nitrogens is 1. The highest BCUT2D eigenvalue weighted by atomic mass is 16.4. The van der Waals surface area contributed by atoms with Gasteiger partial charge >= 0.3 is 5.97 Å². The highest BCUT2D eigenvalue weighted by molar-refractivity contribution is 5.99. The molecule has 0 spiro atoms. The van der Waals surface area contributed by atoms with E-state index >= 15 is 0 Å². The Kier molecular flexibility index (Phi) is 15.0. The third-order valence-corrected chi connectivity index (χ3v) is 7.19. The number of nitrogens with two attached hydrogens (primary N) is 3. The Morgan fingerprint density at radius 1 is 0.907 bits per heavy atom. The molecule has 4 unspecified atom stereocenters. The van der Waals surface area contributed by atoms with Gasteiger partial charge in [-0.3, -0.25) is 33.8 Å². The molecule has 0 bridgehead atoms. The van der Waals surface area contributed by atoms with Crippen molar-refractivity contribution in [1.29, 1.82) is 0 Å². The topological polar surface area (TPSA) is 253 Å². The second kappa shape index (κ2) is 18.4. The largest absolute Gasteiger partial charge is 0.481 e. The lowest BCUT2D eigenvalue weighted by molar-refractivity contribution is -0.138. The number of nitrogens with one attached hydrogen (secondary N) is 3. The molecule has 1 aromatic heterocycles. The quantitative estimate of drug-likeness (QED) is 0.0923. The Labute approximate surface area is 250 Å². The number of carbonyl (C=O) groups excluding carboxylic acids is 5. The van der Waals surface area contributed by atoms with Crippen LogP contribution in [-0.4, -0.2) is 94.3 Å². The Hall–Kier alpha value is -4.11. The van der Waals surface area contributed by atoms with Crippen molar-refractivity contribution in [2.45, 2.75) is 88.4 Å². The average molecular weight is 605 g/mol. The monoisotopic (exact) mass is 604 g/mol. The van der Waals surface area contributed by atoms with Gasteiger partial charge in [-0.1, -0.05) is 0 Å². The zero-order chi connectivity index (χ0) is 31.8. The molecule has 10 N–H and O–H groups in total. The molecule has 2 rings (SSSR count). The molecule has 2 heterocycles. The van der Waals surface area contributed by atoms with Gasteiger partial charge in [0.2, 0.25) is 23.6 Å². The fraction of sp³-hybridized carbons (Fsp3) is 0.607. The molecule has 15 heteroatoms. The number of hydrogen-bond donors (Lipinski definition) is 7. The van der Waals surface area contributed by atoms with Gasteiger partial charge in [-0.05, 0) is 83.0 Å². The SMILES string of the molecule is NCCCCC(NC(=O)C(CCC(=O)O)NC(=O)C(CCCCN)NC(=O)C1CCCN1C(=O)c1cccnc1)C(N)=O. The normalized spacial score (nSPS) is 16.5. The number of primary amides is 1. The number of carboxylic acid groups (broad SMARTS) is 1. The maximum atomic E-state index is 13.4. The van der Waals surface area contributed by atoms with Gasteiger partial charge in [-0.25, -0.2) is 0 Å². The molecule has 1 fully saturated rings. The summed E-state index contributed by atoms with van der Waals surface area (Å²) in [6, 6.07) is -1.02. The number of unbranched alkanes of at least 4 members (excludes halogenated alkanes) is 2. The van der Waals surface area contributed by atoms with Crippen molar-refractivity contribution in [2.75, 3.05) is 19.6 Å². The zero-order valence-electron chi connectivity index (χ0n) is 24.3. The summed E-state index contributed by atoms with van der Waals surface area (Å²) in [6.07, 6.45) is 5.84. The van der Waals surface area contributed by atoms with Crippen molar-refractivity contribution >= 4 is 35.5 Å². The van der Waals surface area contributed by atoms with E-state index in [-0.39, 0.29) is 25.2 Å². The molecule has 1 saturated heterocycles. The summed E-state index contributed by atoms with van der Waals surface area (Å²) in [5, 5.41) is 17.0. The lowest BCUT2D eigenvalue weighted by Gasteiger charge is -2.28. The van der Waals surface area contributed by atoms with Crippen molar-refractivity contribution in [3.63, 3.8) is 0 Å². The van der Waals surface area contributed by atoms with E-state index in [0.717, 1.165) is 0 Å². The van der Waals surface area contributed by atoms with Gasteiger partial charge in [0.1, 0.15) is 24.2 Å². The minimum absolute atomic E-state index is 0.189. The summed E-state index contributed by atoms with van der Waals surface area (Å²) in [5.74, 6) is -4.32. The van der Waals surface area contributed by atoms with E-state index < -0.39 is 60.2 Å². The van der Waals surface area contributed by atoms with E-state index in [4.69, 9.17) is 17.2 Å². The van der Waals surface area contributed by atoms with Crippen molar-refractivity contribution < 1.29 is 33.9 Å².